The second kappa shape index (κ2) is 5.99. The van der Waals surface area contributed by atoms with E-state index in [0.717, 1.165) is 15.0 Å². The summed E-state index contributed by atoms with van der Waals surface area (Å²) in [6.07, 6.45) is 4.86. The van der Waals surface area contributed by atoms with Crippen molar-refractivity contribution < 1.29 is 0 Å². The third kappa shape index (κ3) is 3.07. The van der Waals surface area contributed by atoms with E-state index >= 15 is 0 Å². The lowest BCUT2D eigenvalue weighted by atomic mass is 10.1. The standard InChI is InChI=1S/C14H8BrN5S/c15-13-12(10-3-1-2-9(6-10)7-16)20-14(21-13)19-11-8-17-4-5-18-11/h1-6,8H,(H,18,19,20). The van der Waals surface area contributed by atoms with Gasteiger partial charge in [0.1, 0.15) is 0 Å². The molecule has 21 heavy (non-hydrogen) atoms. The van der Waals surface area contributed by atoms with E-state index in [1.807, 2.05) is 18.2 Å². The molecule has 2 heterocycles. The molecule has 1 N–H and O–H groups in total. The minimum Gasteiger partial charge on any atom is -0.315 e. The predicted molar refractivity (Wildman–Crippen MR) is 85.3 cm³/mol. The van der Waals surface area contributed by atoms with Crippen LogP contribution in [0.25, 0.3) is 11.3 Å². The first-order valence-corrected chi connectivity index (χ1v) is 7.57. The van der Waals surface area contributed by atoms with Gasteiger partial charge >= 0.3 is 0 Å². The number of rotatable bonds is 3. The molecule has 3 aromatic rings. The summed E-state index contributed by atoms with van der Waals surface area (Å²) in [5, 5.41) is 12.8. The number of halogens is 1. The highest BCUT2D eigenvalue weighted by atomic mass is 79.9. The lowest BCUT2D eigenvalue weighted by Gasteiger charge is -1.99. The maximum absolute atomic E-state index is 8.97. The first kappa shape index (κ1) is 13.7. The lowest BCUT2D eigenvalue weighted by molar-refractivity contribution is 1.19. The molecule has 0 unspecified atom stereocenters. The van der Waals surface area contributed by atoms with Crippen molar-refractivity contribution in [2.45, 2.75) is 0 Å². The van der Waals surface area contributed by atoms with E-state index in [2.05, 4.69) is 42.3 Å². The van der Waals surface area contributed by atoms with Gasteiger partial charge in [0.2, 0.25) is 0 Å². The van der Waals surface area contributed by atoms with Gasteiger partial charge in [-0.1, -0.05) is 23.5 Å². The average molecular weight is 358 g/mol. The maximum atomic E-state index is 8.97. The molecule has 0 radical (unpaired) electrons. The lowest BCUT2D eigenvalue weighted by Crippen LogP contribution is -1.92. The molecule has 0 amide bonds. The molecule has 102 valence electrons. The van der Waals surface area contributed by atoms with Gasteiger partial charge in [-0.25, -0.2) is 9.97 Å². The second-order valence-corrected chi connectivity index (χ2v) is 6.37. The van der Waals surface area contributed by atoms with Crippen LogP contribution in [0.2, 0.25) is 0 Å². The quantitative estimate of drug-likeness (QED) is 0.767. The third-order valence-electron chi connectivity index (χ3n) is 2.65. The van der Waals surface area contributed by atoms with Crippen molar-refractivity contribution >= 4 is 38.2 Å². The molecule has 0 atom stereocenters. The van der Waals surface area contributed by atoms with Gasteiger partial charge in [-0.2, -0.15) is 5.26 Å². The number of anilines is 2. The van der Waals surface area contributed by atoms with Crippen molar-refractivity contribution in [2.24, 2.45) is 0 Å². The Hall–Kier alpha value is -2.30. The van der Waals surface area contributed by atoms with Crippen LogP contribution in [0.5, 0.6) is 0 Å². The Morgan fingerprint density at radius 2 is 2.19 bits per heavy atom. The molecule has 0 aliphatic rings. The monoisotopic (exact) mass is 357 g/mol. The molecule has 2 aromatic heterocycles. The van der Waals surface area contributed by atoms with Crippen LogP contribution in [0, 0.1) is 11.3 Å². The van der Waals surface area contributed by atoms with Crippen molar-refractivity contribution in [1.29, 1.82) is 5.26 Å². The number of hydrogen-bond donors (Lipinski definition) is 1. The number of nitrogens with zero attached hydrogens (tertiary/aromatic N) is 4. The fourth-order valence-electron chi connectivity index (χ4n) is 1.74. The fraction of sp³-hybridized carbons (Fsp3) is 0. The normalized spacial score (nSPS) is 10.1. The number of nitrogens with one attached hydrogen (secondary N) is 1. The topological polar surface area (TPSA) is 74.5 Å². The van der Waals surface area contributed by atoms with Crippen LogP contribution in [0.3, 0.4) is 0 Å². The van der Waals surface area contributed by atoms with Crippen LogP contribution >= 0.6 is 27.3 Å². The fourth-order valence-corrected chi connectivity index (χ4v) is 3.24. The Kier molecular flexibility index (Phi) is 3.90. The first-order chi connectivity index (χ1) is 10.3. The smallest absolute Gasteiger partial charge is 0.190 e. The predicted octanol–water partition coefficient (Wildman–Crippen LogP) is 3.98. The molecule has 1 aromatic carbocycles. The Bertz CT molecular complexity index is 810. The number of thiazole rings is 1. The van der Waals surface area contributed by atoms with E-state index in [-0.39, 0.29) is 0 Å². The number of hydrogen-bond acceptors (Lipinski definition) is 6. The zero-order chi connectivity index (χ0) is 14.7. The molecule has 5 nitrogen and oxygen atoms in total. The summed E-state index contributed by atoms with van der Waals surface area (Å²) in [6, 6.07) is 9.47. The van der Waals surface area contributed by atoms with E-state index in [1.165, 1.54) is 11.3 Å². The van der Waals surface area contributed by atoms with Crippen LogP contribution in [-0.4, -0.2) is 15.0 Å². The summed E-state index contributed by atoms with van der Waals surface area (Å²) < 4.78 is 0.893. The molecule has 0 spiro atoms. The summed E-state index contributed by atoms with van der Waals surface area (Å²) in [4.78, 5) is 12.7. The number of benzene rings is 1. The Morgan fingerprint density at radius 1 is 1.29 bits per heavy atom. The van der Waals surface area contributed by atoms with E-state index in [1.54, 1.807) is 24.7 Å². The summed E-state index contributed by atoms with van der Waals surface area (Å²) in [6.45, 7) is 0. The molecular formula is C14H8BrN5S. The van der Waals surface area contributed by atoms with Crippen molar-refractivity contribution in [3.63, 3.8) is 0 Å². The summed E-state index contributed by atoms with van der Waals surface area (Å²) in [5.74, 6) is 0.635. The largest absolute Gasteiger partial charge is 0.315 e. The molecule has 3 rings (SSSR count). The van der Waals surface area contributed by atoms with Crippen molar-refractivity contribution in [3.8, 4) is 17.3 Å². The SMILES string of the molecule is N#Cc1cccc(-c2nc(Nc3cnccn3)sc2Br)c1. The zero-order valence-electron chi connectivity index (χ0n) is 10.6. The van der Waals surface area contributed by atoms with Gasteiger partial charge in [0.15, 0.2) is 10.9 Å². The van der Waals surface area contributed by atoms with Gasteiger partial charge in [0.25, 0.3) is 0 Å². The summed E-state index contributed by atoms with van der Waals surface area (Å²) in [5.41, 5.74) is 2.30. The number of aromatic nitrogens is 3. The Labute approximate surface area is 133 Å². The van der Waals surface area contributed by atoms with Gasteiger partial charge in [0, 0.05) is 18.0 Å². The van der Waals surface area contributed by atoms with Gasteiger partial charge < -0.3 is 5.32 Å². The van der Waals surface area contributed by atoms with Crippen LogP contribution in [0.15, 0.2) is 46.6 Å². The summed E-state index contributed by atoms with van der Waals surface area (Å²) in [7, 11) is 0. The number of nitriles is 1. The molecule has 0 aliphatic heterocycles. The van der Waals surface area contributed by atoms with E-state index < -0.39 is 0 Å². The minimum atomic E-state index is 0.607. The Morgan fingerprint density at radius 3 is 2.95 bits per heavy atom. The molecule has 0 saturated carbocycles. The van der Waals surface area contributed by atoms with E-state index in [0.29, 0.717) is 16.5 Å². The van der Waals surface area contributed by atoms with Gasteiger partial charge in [0.05, 0.1) is 27.3 Å². The molecule has 7 heteroatoms. The molecule has 0 aliphatic carbocycles. The van der Waals surface area contributed by atoms with Crippen LogP contribution in [0.1, 0.15) is 5.56 Å². The Balaban J connectivity index is 1.93. The highest BCUT2D eigenvalue weighted by molar-refractivity contribution is 9.11. The minimum absolute atomic E-state index is 0.607. The first-order valence-electron chi connectivity index (χ1n) is 5.96. The molecule has 0 fully saturated rings. The van der Waals surface area contributed by atoms with Crippen molar-refractivity contribution in [1.82, 2.24) is 15.0 Å². The van der Waals surface area contributed by atoms with E-state index in [9.17, 15) is 0 Å². The van der Waals surface area contributed by atoms with Gasteiger partial charge in [-0.15, -0.1) is 0 Å². The second-order valence-electron chi connectivity index (χ2n) is 4.05. The van der Waals surface area contributed by atoms with Crippen LogP contribution in [0.4, 0.5) is 10.9 Å². The molecule has 0 bridgehead atoms. The van der Waals surface area contributed by atoms with Crippen LogP contribution in [-0.2, 0) is 0 Å². The molecular weight excluding hydrogens is 350 g/mol. The average Bonchev–Trinajstić information content (AvgIpc) is 2.89. The van der Waals surface area contributed by atoms with Crippen molar-refractivity contribution in [3.05, 3.63) is 52.2 Å². The van der Waals surface area contributed by atoms with Gasteiger partial charge in [-0.05, 0) is 28.1 Å². The highest BCUT2D eigenvalue weighted by Crippen LogP contribution is 2.36. The van der Waals surface area contributed by atoms with Crippen molar-refractivity contribution in [2.75, 3.05) is 5.32 Å². The highest BCUT2D eigenvalue weighted by Gasteiger charge is 2.12. The zero-order valence-corrected chi connectivity index (χ0v) is 13.0. The third-order valence-corrected chi connectivity index (χ3v) is 4.27. The van der Waals surface area contributed by atoms with Gasteiger partial charge in [-0.3, -0.25) is 4.98 Å². The molecule has 0 saturated heterocycles. The van der Waals surface area contributed by atoms with Crippen LogP contribution < -0.4 is 5.32 Å². The van der Waals surface area contributed by atoms with E-state index in [4.69, 9.17) is 5.26 Å². The maximum Gasteiger partial charge on any atom is 0.190 e. The summed E-state index contributed by atoms with van der Waals surface area (Å²) >= 11 is 4.97.